The first-order valence-corrected chi connectivity index (χ1v) is 6.93. The summed E-state index contributed by atoms with van der Waals surface area (Å²) in [5.41, 5.74) is 2.98. The molecule has 1 aliphatic carbocycles. The van der Waals surface area contributed by atoms with Crippen molar-refractivity contribution in [2.24, 2.45) is 0 Å². The Morgan fingerprint density at radius 2 is 1.95 bits per heavy atom. The van der Waals surface area contributed by atoms with Crippen LogP contribution in [0.25, 0.3) is 10.9 Å². The molecule has 0 saturated heterocycles. The quantitative estimate of drug-likeness (QED) is 0.639. The van der Waals surface area contributed by atoms with Gasteiger partial charge in [0.05, 0.1) is 4.92 Å². The molecule has 0 radical (unpaired) electrons. The van der Waals surface area contributed by atoms with Crippen LogP contribution in [0.3, 0.4) is 0 Å². The van der Waals surface area contributed by atoms with Gasteiger partial charge in [-0.05, 0) is 43.4 Å². The number of hydrogen-bond donors (Lipinski definition) is 1. The summed E-state index contributed by atoms with van der Waals surface area (Å²) < 4.78 is 0. The minimum absolute atomic E-state index is 0.192. The van der Waals surface area contributed by atoms with Crippen LogP contribution in [0.2, 0.25) is 0 Å². The van der Waals surface area contributed by atoms with Gasteiger partial charge >= 0.3 is 0 Å². The number of H-pyrrole nitrogens is 1. The van der Waals surface area contributed by atoms with Gasteiger partial charge < -0.3 is 4.98 Å². The molecular formula is C15H18N2O2. The van der Waals surface area contributed by atoms with Crippen molar-refractivity contribution in [2.45, 2.75) is 44.9 Å². The van der Waals surface area contributed by atoms with Crippen molar-refractivity contribution in [1.29, 1.82) is 0 Å². The summed E-state index contributed by atoms with van der Waals surface area (Å²) in [6, 6.07) is 5.76. The lowest BCUT2D eigenvalue weighted by molar-refractivity contribution is -0.383. The maximum Gasteiger partial charge on any atom is 0.293 e. The Morgan fingerprint density at radius 1 is 1.21 bits per heavy atom. The number of aryl methyl sites for hydroxylation is 1. The van der Waals surface area contributed by atoms with E-state index in [-0.39, 0.29) is 10.6 Å². The van der Waals surface area contributed by atoms with Crippen LogP contribution < -0.4 is 0 Å². The van der Waals surface area contributed by atoms with Crippen molar-refractivity contribution in [1.82, 2.24) is 4.98 Å². The number of aromatic amines is 1. The van der Waals surface area contributed by atoms with Crippen LogP contribution >= 0.6 is 0 Å². The van der Waals surface area contributed by atoms with Crippen molar-refractivity contribution in [3.8, 4) is 0 Å². The lowest BCUT2D eigenvalue weighted by Crippen LogP contribution is -2.04. The lowest BCUT2D eigenvalue weighted by Gasteiger charge is -2.20. The number of nitrogens with zero attached hydrogens (tertiary/aromatic N) is 1. The molecule has 0 unspecified atom stereocenters. The van der Waals surface area contributed by atoms with Gasteiger partial charge in [0.15, 0.2) is 0 Å². The SMILES string of the molecule is Cc1cc([N+](=O)[O-])c2[nH]c(C3CCCCC3)cc2c1. The summed E-state index contributed by atoms with van der Waals surface area (Å²) in [7, 11) is 0. The molecule has 100 valence electrons. The Kier molecular flexibility index (Phi) is 3.01. The van der Waals surface area contributed by atoms with Crippen molar-refractivity contribution < 1.29 is 4.92 Å². The molecule has 3 rings (SSSR count). The fraction of sp³-hybridized carbons (Fsp3) is 0.467. The minimum atomic E-state index is -0.295. The van der Waals surface area contributed by atoms with Crippen LogP contribution in [0, 0.1) is 17.0 Å². The smallest absolute Gasteiger partial charge is 0.293 e. The molecule has 1 fully saturated rings. The first kappa shape index (κ1) is 12.2. The van der Waals surface area contributed by atoms with Crippen LogP contribution in [-0.4, -0.2) is 9.91 Å². The highest BCUT2D eigenvalue weighted by molar-refractivity contribution is 5.89. The molecule has 19 heavy (non-hydrogen) atoms. The number of non-ortho nitro benzene ring substituents is 1. The first-order chi connectivity index (χ1) is 9.15. The number of hydrogen-bond acceptors (Lipinski definition) is 2. The van der Waals surface area contributed by atoms with E-state index in [0.717, 1.165) is 10.9 Å². The topological polar surface area (TPSA) is 58.9 Å². The van der Waals surface area contributed by atoms with Gasteiger partial charge in [-0.1, -0.05) is 19.3 Å². The second kappa shape index (κ2) is 4.68. The van der Waals surface area contributed by atoms with Gasteiger partial charge in [-0.25, -0.2) is 0 Å². The molecule has 4 heteroatoms. The summed E-state index contributed by atoms with van der Waals surface area (Å²) in [5.74, 6) is 0.543. The van der Waals surface area contributed by atoms with Crippen LogP contribution in [0.1, 0.15) is 49.3 Å². The molecule has 1 aliphatic rings. The highest BCUT2D eigenvalue weighted by Gasteiger charge is 2.20. The normalized spacial score (nSPS) is 16.9. The average Bonchev–Trinajstić information content (AvgIpc) is 2.82. The summed E-state index contributed by atoms with van der Waals surface area (Å²) in [5, 5.41) is 12.1. The van der Waals surface area contributed by atoms with Crippen molar-refractivity contribution in [3.05, 3.63) is 39.6 Å². The molecule has 0 amide bonds. The zero-order valence-electron chi connectivity index (χ0n) is 11.1. The predicted octanol–water partition coefficient (Wildman–Crippen LogP) is 4.43. The van der Waals surface area contributed by atoms with E-state index in [9.17, 15) is 10.1 Å². The van der Waals surface area contributed by atoms with E-state index in [4.69, 9.17) is 0 Å². The van der Waals surface area contributed by atoms with Crippen LogP contribution in [0.4, 0.5) is 5.69 Å². The van der Waals surface area contributed by atoms with Crippen LogP contribution in [0.15, 0.2) is 18.2 Å². The van der Waals surface area contributed by atoms with Crippen LogP contribution in [-0.2, 0) is 0 Å². The molecule has 1 aromatic carbocycles. The van der Waals surface area contributed by atoms with E-state index in [1.165, 1.54) is 37.8 Å². The Balaban J connectivity index is 2.09. The molecular weight excluding hydrogens is 240 g/mol. The number of nitro benzene ring substituents is 1. The fourth-order valence-electron chi connectivity index (χ4n) is 3.17. The van der Waals surface area contributed by atoms with Crippen molar-refractivity contribution >= 4 is 16.6 Å². The molecule has 1 saturated carbocycles. The molecule has 1 N–H and O–H groups in total. The Labute approximate surface area is 112 Å². The standard InChI is InChI=1S/C15H18N2O2/c1-10-7-12-9-13(11-5-3-2-4-6-11)16-15(12)14(8-10)17(18)19/h7-9,11,16H,2-6H2,1H3. The van der Waals surface area contributed by atoms with E-state index < -0.39 is 0 Å². The Hall–Kier alpha value is -1.84. The number of rotatable bonds is 2. The zero-order chi connectivity index (χ0) is 13.4. The van der Waals surface area contributed by atoms with Gasteiger partial charge in [0, 0.05) is 17.1 Å². The first-order valence-electron chi connectivity index (χ1n) is 6.93. The Bertz CT molecular complexity index is 624. The largest absolute Gasteiger partial charge is 0.353 e. The van der Waals surface area contributed by atoms with Gasteiger partial charge in [0.1, 0.15) is 5.52 Å². The monoisotopic (exact) mass is 258 g/mol. The summed E-state index contributed by atoms with van der Waals surface area (Å²) >= 11 is 0. The lowest BCUT2D eigenvalue weighted by atomic mass is 9.87. The van der Waals surface area contributed by atoms with E-state index in [1.807, 2.05) is 13.0 Å². The third-order valence-electron chi connectivity index (χ3n) is 4.11. The maximum atomic E-state index is 11.1. The highest BCUT2D eigenvalue weighted by Crippen LogP contribution is 2.36. The molecule has 0 bridgehead atoms. The number of fused-ring (bicyclic) bond motifs is 1. The summed E-state index contributed by atoms with van der Waals surface area (Å²) in [4.78, 5) is 14.1. The molecule has 1 heterocycles. The van der Waals surface area contributed by atoms with Crippen LogP contribution in [0.5, 0.6) is 0 Å². The average molecular weight is 258 g/mol. The molecule has 4 nitrogen and oxygen atoms in total. The molecule has 0 atom stereocenters. The zero-order valence-corrected chi connectivity index (χ0v) is 11.1. The number of nitro groups is 1. The molecule has 1 aromatic heterocycles. The van der Waals surface area contributed by atoms with E-state index in [0.29, 0.717) is 11.4 Å². The fourth-order valence-corrected chi connectivity index (χ4v) is 3.17. The van der Waals surface area contributed by atoms with Crippen molar-refractivity contribution in [3.63, 3.8) is 0 Å². The number of benzene rings is 1. The Morgan fingerprint density at radius 3 is 2.63 bits per heavy atom. The third kappa shape index (κ3) is 2.23. The second-order valence-corrected chi connectivity index (χ2v) is 5.56. The third-order valence-corrected chi connectivity index (χ3v) is 4.11. The van der Waals surface area contributed by atoms with E-state index in [2.05, 4.69) is 11.1 Å². The highest BCUT2D eigenvalue weighted by atomic mass is 16.6. The van der Waals surface area contributed by atoms with Crippen molar-refractivity contribution in [2.75, 3.05) is 0 Å². The van der Waals surface area contributed by atoms with Gasteiger partial charge in [0.2, 0.25) is 0 Å². The van der Waals surface area contributed by atoms with Gasteiger partial charge in [-0.3, -0.25) is 10.1 Å². The summed E-state index contributed by atoms with van der Waals surface area (Å²) in [6.45, 7) is 1.90. The van der Waals surface area contributed by atoms with Gasteiger partial charge in [-0.2, -0.15) is 0 Å². The predicted molar refractivity (Wildman–Crippen MR) is 75.5 cm³/mol. The van der Waals surface area contributed by atoms with E-state index >= 15 is 0 Å². The number of aromatic nitrogens is 1. The molecule has 0 spiro atoms. The molecule has 2 aromatic rings. The summed E-state index contributed by atoms with van der Waals surface area (Å²) in [6.07, 6.45) is 6.23. The van der Waals surface area contributed by atoms with E-state index in [1.54, 1.807) is 6.07 Å². The number of nitrogens with one attached hydrogen (secondary N) is 1. The second-order valence-electron chi connectivity index (χ2n) is 5.56. The minimum Gasteiger partial charge on any atom is -0.353 e. The maximum absolute atomic E-state index is 11.1. The van der Waals surface area contributed by atoms with Gasteiger partial charge in [-0.15, -0.1) is 0 Å². The van der Waals surface area contributed by atoms with Gasteiger partial charge in [0.25, 0.3) is 5.69 Å². The molecule has 0 aliphatic heterocycles.